The number of aryl methyl sites for hydroxylation is 1. The maximum atomic E-state index is 4.33. The molecule has 0 spiro atoms. The van der Waals surface area contributed by atoms with Gasteiger partial charge in [-0.15, -0.1) is 0 Å². The molecule has 1 heterocycles. The minimum absolute atomic E-state index is 0.558. The van der Waals surface area contributed by atoms with Crippen molar-refractivity contribution >= 4 is 6.08 Å². The van der Waals surface area contributed by atoms with E-state index in [9.17, 15) is 0 Å². The molecule has 2 aliphatic carbocycles. The molecule has 82 valence electrons. The lowest BCUT2D eigenvalue weighted by molar-refractivity contribution is 0.644. The summed E-state index contributed by atoms with van der Waals surface area (Å²) >= 11 is 0. The molecule has 0 fully saturated rings. The molecule has 0 aliphatic heterocycles. The first kappa shape index (κ1) is 9.64. The van der Waals surface area contributed by atoms with Crippen molar-refractivity contribution in [3.05, 3.63) is 47.3 Å². The minimum atomic E-state index is 0.558. The average molecular weight is 212 g/mol. The molecule has 0 aromatic carbocycles. The third kappa shape index (κ3) is 1.29. The van der Waals surface area contributed by atoms with E-state index in [0.29, 0.717) is 5.92 Å². The quantitative estimate of drug-likeness (QED) is 0.700. The largest absolute Gasteiger partial charge is 0.268 e. The van der Waals surface area contributed by atoms with Crippen LogP contribution in [0.4, 0.5) is 0 Å². The summed E-state index contributed by atoms with van der Waals surface area (Å²) in [5.74, 6) is 0.558. The highest BCUT2D eigenvalue weighted by molar-refractivity contribution is 5.60. The van der Waals surface area contributed by atoms with Gasteiger partial charge in [-0.3, -0.25) is 4.68 Å². The van der Waals surface area contributed by atoms with Gasteiger partial charge in [0.2, 0.25) is 0 Å². The second-order valence-electron chi connectivity index (χ2n) is 4.60. The molecular weight excluding hydrogens is 196 g/mol. The Kier molecular flexibility index (Phi) is 2.10. The summed E-state index contributed by atoms with van der Waals surface area (Å²) in [7, 11) is 2.02. The molecule has 0 saturated carbocycles. The van der Waals surface area contributed by atoms with Crippen LogP contribution in [0.1, 0.15) is 24.1 Å². The van der Waals surface area contributed by atoms with Gasteiger partial charge in [0.25, 0.3) is 0 Å². The summed E-state index contributed by atoms with van der Waals surface area (Å²) in [6, 6.07) is 0. The average Bonchev–Trinajstić information content (AvgIpc) is 2.67. The van der Waals surface area contributed by atoms with E-state index >= 15 is 0 Å². The van der Waals surface area contributed by atoms with E-state index < -0.39 is 0 Å². The first-order valence-corrected chi connectivity index (χ1v) is 5.83. The molecule has 2 nitrogen and oxygen atoms in total. The molecule has 1 aromatic rings. The molecule has 1 atom stereocenters. The summed E-state index contributed by atoms with van der Waals surface area (Å²) in [6.07, 6.45) is 12.1. The molecule has 3 rings (SSSR count). The number of allylic oxidation sites excluding steroid dienone is 4. The van der Waals surface area contributed by atoms with Crippen LogP contribution in [0.2, 0.25) is 0 Å². The molecular formula is C14H16N2. The number of hydrogen-bond donors (Lipinski definition) is 0. The van der Waals surface area contributed by atoms with Crippen molar-refractivity contribution in [2.75, 3.05) is 0 Å². The van der Waals surface area contributed by atoms with E-state index in [1.807, 2.05) is 24.0 Å². The molecule has 1 aromatic heterocycles. The van der Waals surface area contributed by atoms with Gasteiger partial charge in [-0.1, -0.05) is 24.3 Å². The van der Waals surface area contributed by atoms with Crippen LogP contribution in [0.5, 0.6) is 0 Å². The van der Waals surface area contributed by atoms with Crippen LogP contribution in [-0.4, -0.2) is 9.78 Å². The molecule has 1 unspecified atom stereocenters. The fraction of sp³-hybridized carbons (Fsp3) is 0.357. The molecule has 0 radical (unpaired) electrons. The van der Waals surface area contributed by atoms with Crippen LogP contribution in [0, 0.1) is 5.92 Å². The number of nitrogens with zero attached hydrogens (tertiary/aromatic N) is 2. The van der Waals surface area contributed by atoms with Gasteiger partial charge in [0, 0.05) is 13.0 Å². The second kappa shape index (κ2) is 3.48. The second-order valence-corrected chi connectivity index (χ2v) is 4.60. The van der Waals surface area contributed by atoms with Crippen LogP contribution in [0.15, 0.2) is 36.1 Å². The van der Waals surface area contributed by atoms with E-state index in [4.69, 9.17) is 0 Å². The lowest BCUT2D eigenvalue weighted by Gasteiger charge is -2.29. The lowest BCUT2D eigenvalue weighted by atomic mass is 9.76. The van der Waals surface area contributed by atoms with Crippen molar-refractivity contribution in [2.45, 2.75) is 19.3 Å². The van der Waals surface area contributed by atoms with Crippen LogP contribution in [-0.2, 0) is 13.5 Å². The van der Waals surface area contributed by atoms with E-state index in [-0.39, 0.29) is 0 Å². The Morgan fingerprint density at radius 2 is 2.44 bits per heavy atom. The van der Waals surface area contributed by atoms with Gasteiger partial charge < -0.3 is 0 Å². The third-order valence-corrected chi connectivity index (χ3v) is 3.71. The number of hydrogen-bond acceptors (Lipinski definition) is 1. The number of aromatic nitrogens is 2. The van der Waals surface area contributed by atoms with Gasteiger partial charge in [0.05, 0.1) is 11.9 Å². The molecule has 16 heavy (non-hydrogen) atoms. The molecule has 2 heteroatoms. The van der Waals surface area contributed by atoms with Crippen LogP contribution >= 0.6 is 0 Å². The smallest absolute Gasteiger partial charge is 0.0638 e. The minimum Gasteiger partial charge on any atom is -0.268 e. The predicted molar refractivity (Wildman–Crippen MR) is 65.9 cm³/mol. The topological polar surface area (TPSA) is 17.8 Å². The van der Waals surface area contributed by atoms with Crippen LogP contribution in [0.3, 0.4) is 0 Å². The Morgan fingerprint density at radius 3 is 3.25 bits per heavy atom. The zero-order valence-corrected chi connectivity index (χ0v) is 9.61. The lowest BCUT2D eigenvalue weighted by Crippen LogP contribution is -2.17. The molecule has 0 amide bonds. The highest BCUT2D eigenvalue weighted by Gasteiger charge is 2.26. The summed E-state index contributed by atoms with van der Waals surface area (Å²) in [5.41, 5.74) is 5.60. The fourth-order valence-electron chi connectivity index (χ4n) is 2.81. The van der Waals surface area contributed by atoms with Gasteiger partial charge >= 0.3 is 0 Å². The normalized spacial score (nSPS) is 22.9. The Hall–Kier alpha value is -1.57. The van der Waals surface area contributed by atoms with Crippen molar-refractivity contribution in [2.24, 2.45) is 13.0 Å². The van der Waals surface area contributed by atoms with Crippen molar-refractivity contribution < 1.29 is 0 Å². The van der Waals surface area contributed by atoms with Crippen molar-refractivity contribution in [3.63, 3.8) is 0 Å². The van der Waals surface area contributed by atoms with Gasteiger partial charge in [0.15, 0.2) is 0 Å². The predicted octanol–water partition coefficient (Wildman–Crippen LogP) is 2.88. The zero-order valence-electron chi connectivity index (χ0n) is 9.61. The fourth-order valence-corrected chi connectivity index (χ4v) is 2.81. The van der Waals surface area contributed by atoms with Gasteiger partial charge in [-0.25, -0.2) is 0 Å². The Labute approximate surface area is 96.0 Å². The SMILES string of the molecule is C=CC1=CCCC2=Cc3c(cnn3C)CC12. The molecule has 2 aliphatic rings. The van der Waals surface area contributed by atoms with Crippen LogP contribution in [0.25, 0.3) is 6.08 Å². The first-order chi connectivity index (χ1) is 7.79. The van der Waals surface area contributed by atoms with E-state index in [1.54, 1.807) is 5.57 Å². The maximum absolute atomic E-state index is 4.33. The summed E-state index contributed by atoms with van der Waals surface area (Å²) in [6.45, 7) is 3.92. The van der Waals surface area contributed by atoms with E-state index in [0.717, 1.165) is 12.8 Å². The number of fused-ring (bicyclic) bond motifs is 2. The molecule has 0 N–H and O–H groups in total. The zero-order chi connectivity index (χ0) is 11.1. The van der Waals surface area contributed by atoms with Gasteiger partial charge in [-0.2, -0.15) is 5.10 Å². The van der Waals surface area contributed by atoms with E-state index in [2.05, 4.69) is 23.8 Å². The summed E-state index contributed by atoms with van der Waals surface area (Å²) < 4.78 is 1.98. The molecule has 0 bridgehead atoms. The Morgan fingerprint density at radius 1 is 1.56 bits per heavy atom. The van der Waals surface area contributed by atoms with Crippen molar-refractivity contribution in [1.82, 2.24) is 9.78 Å². The summed E-state index contributed by atoms with van der Waals surface area (Å²) in [4.78, 5) is 0. The van der Waals surface area contributed by atoms with Gasteiger partial charge in [0.1, 0.15) is 0 Å². The van der Waals surface area contributed by atoms with Crippen molar-refractivity contribution in [3.8, 4) is 0 Å². The number of rotatable bonds is 1. The Bertz CT molecular complexity index is 503. The monoisotopic (exact) mass is 212 g/mol. The Balaban J connectivity index is 2.08. The maximum Gasteiger partial charge on any atom is 0.0638 e. The summed E-state index contributed by atoms with van der Waals surface area (Å²) in [5, 5.41) is 4.33. The molecule has 0 saturated heterocycles. The van der Waals surface area contributed by atoms with E-state index in [1.165, 1.54) is 23.3 Å². The highest BCUT2D eigenvalue weighted by atomic mass is 15.3. The first-order valence-electron chi connectivity index (χ1n) is 5.83. The third-order valence-electron chi connectivity index (χ3n) is 3.71. The van der Waals surface area contributed by atoms with Crippen molar-refractivity contribution in [1.29, 1.82) is 0 Å². The highest BCUT2D eigenvalue weighted by Crippen LogP contribution is 2.38. The standard InChI is InChI=1S/C14H16N2/c1-3-10-5-4-6-11-8-14-12(7-13(10)11)9-15-16(14)2/h3,5,8-9,13H,1,4,6-7H2,2H3. The van der Waals surface area contributed by atoms with Crippen LogP contribution < -0.4 is 0 Å². The van der Waals surface area contributed by atoms with Gasteiger partial charge in [-0.05, 0) is 36.5 Å².